The van der Waals surface area contributed by atoms with Crippen LogP contribution in [0, 0.1) is 0 Å². The molecule has 0 aromatic carbocycles. The molecule has 0 aliphatic heterocycles. The summed E-state index contributed by atoms with van der Waals surface area (Å²) in [6.07, 6.45) is 0. The van der Waals surface area contributed by atoms with Crippen molar-refractivity contribution in [1.82, 2.24) is 0 Å². The summed E-state index contributed by atoms with van der Waals surface area (Å²) in [6.45, 7) is 0. The Morgan fingerprint density at radius 3 is 1.20 bits per heavy atom. The van der Waals surface area contributed by atoms with Gasteiger partial charge in [-0.2, -0.15) is 0 Å². The third-order valence-electron chi connectivity index (χ3n) is 0. The average molecular weight is 188 g/mol. The van der Waals surface area contributed by atoms with Crippen LogP contribution in [0.5, 0.6) is 0 Å². The van der Waals surface area contributed by atoms with Crippen LogP contribution in [0.25, 0.3) is 0 Å². The molecule has 0 unspecified atom stereocenters. The van der Waals surface area contributed by atoms with Gasteiger partial charge in [-0.3, -0.25) is 0 Å². The second-order valence-electron chi connectivity index (χ2n) is 0.0714. The van der Waals surface area contributed by atoms with Crippen molar-refractivity contribution < 1.29 is 20.8 Å². The molecule has 0 aliphatic rings. The van der Waals surface area contributed by atoms with Crippen LogP contribution in [-0.2, 0) is 20.8 Å². The first kappa shape index (κ1) is 9.78. The van der Waals surface area contributed by atoms with E-state index in [1.165, 1.54) is 0 Å². The summed E-state index contributed by atoms with van der Waals surface area (Å²) in [5, 5.41) is 0. The Kier molecular flexibility index (Phi) is 34.3. The minimum atomic E-state index is -0.826. The van der Waals surface area contributed by atoms with Gasteiger partial charge < -0.3 is 0 Å². The molecular weight excluding hydrogens is 184 g/mol. The van der Waals surface area contributed by atoms with E-state index >= 15 is 0 Å². The molecule has 28 valence electrons. The van der Waals surface area contributed by atoms with Crippen LogP contribution in [0.1, 0.15) is 0 Å². The molecule has 0 saturated carbocycles. The molecule has 0 spiro atoms. The van der Waals surface area contributed by atoms with Gasteiger partial charge in [0.25, 0.3) is 0 Å². The van der Waals surface area contributed by atoms with Crippen molar-refractivity contribution in [3.05, 3.63) is 0 Å². The molecule has 0 aromatic heterocycles. The maximum atomic E-state index is 4.93. The zero-order valence-electron chi connectivity index (χ0n) is 3.26. The molecule has 0 saturated heterocycles. The van der Waals surface area contributed by atoms with Gasteiger partial charge in [-0.25, -0.2) is 0 Å². The average Bonchev–Trinajstić information content (AvgIpc) is 1.46. The Hall–Kier alpha value is 1.59. The van der Waals surface area contributed by atoms with Crippen LogP contribution in [0.3, 0.4) is 0 Å². The minimum absolute atomic E-state index is 0.826. The molecule has 5 heavy (non-hydrogen) atoms. The van der Waals surface area contributed by atoms with Crippen molar-refractivity contribution >= 4 is 32.5 Å². The molecule has 0 atom stereocenters. The van der Waals surface area contributed by atoms with Gasteiger partial charge in [0.15, 0.2) is 0 Å². The fourth-order valence-electron chi connectivity index (χ4n) is 0. The standard InChI is InChI=1S/B2H4.2ClH.Zr/c1-2;;;/h1-2H2;2*1H;/q;;;+2/p-2. The summed E-state index contributed by atoms with van der Waals surface area (Å²) in [7, 11) is 13.9. The van der Waals surface area contributed by atoms with Crippen molar-refractivity contribution in [3.8, 4) is 0 Å². The molecule has 0 bridgehead atoms. The summed E-state index contributed by atoms with van der Waals surface area (Å²) in [5.74, 6) is 0. The van der Waals surface area contributed by atoms with Gasteiger partial charge in [-0.1, -0.05) is 0 Å². The second-order valence-corrected chi connectivity index (χ2v) is 3.80. The molecule has 5 heteroatoms. The van der Waals surface area contributed by atoms with E-state index < -0.39 is 20.8 Å². The molecule has 0 aromatic rings. The quantitative estimate of drug-likeness (QED) is 0.451. The normalized spacial score (nSPS) is 3.60. The Balaban J connectivity index is 0. The maximum absolute atomic E-state index is 4.93. The van der Waals surface area contributed by atoms with Gasteiger partial charge in [0.05, 0.1) is 15.5 Å². The summed E-state index contributed by atoms with van der Waals surface area (Å²) in [5.41, 5.74) is 0. The molecule has 0 aliphatic carbocycles. The third-order valence-corrected chi connectivity index (χ3v) is 0. The van der Waals surface area contributed by atoms with Gasteiger partial charge in [-0.05, 0) is 0 Å². The van der Waals surface area contributed by atoms with Crippen molar-refractivity contribution in [3.63, 3.8) is 0 Å². The van der Waals surface area contributed by atoms with Gasteiger partial charge >= 0.3 is 37.9 Å². The van der Waals surface area contributed by atoms with E-state index in [9.17, 15) is 0 Å². The number of hydrogen-bond donors (Lipinski definition) is 0. The summed E-state index contributed by atoms with van der Waals surface area (Å²) in [6, 6.07) is 0. The van der Waals surface area contributed by atoms with E-state index in [4.69, 9.17) is 17.0 Å². The number of halogens is 2. The Bertz CT molecular complexity index is 7.61. The Morgan fingerprint density at radius 1 is 1.20 bits per heavy atom. The van der Waals surface area contributed by atoms with E-state index in [1.807, 2.05) is 15.5 Å². The molecule has 0 fully saturated rings. The SMILES string of the molecule is BB.[Cl][Zr][Cl]. The second kappa shape index (κ2) is 17.5. The first-order valence-electron chi connectivity index (χ1n) is 1.38. The zero-order chi connectivity index (χ0) is 4.71. The Labute approximate surface area is 53.1 Å². The summed E-state index contributed by atoms with van der Waals surface area (Å²) < 4.78 is 0. The fourth-order valence-corrected chi connectivity index (χ4v) is 0. The van der Waals surface area contributed by atoms with Gasteiger partial charge in [0, 0.05) is 0 Å². The van der Waals surface area contributed by atoms with Crippen LogP contribution in [-0.4, -0.2) is 15.5 Å². The van der Waals surface area contributed by atoms with Crippen molar-refractivity contribution in [2.45, 2.75) is 0 Å². The first-order valence-corrected chi connectivity index (χ1v) is 7.71. The zero-order valence-corrected chi connectivity index (χ0v) is 7.23. The molecular formula is H4B2Cl2Zr. The van der Waals surface area contributed by atoms with Crippen molar-refractivity contribution in [2.75, 3.05) is 0 Å². The van der Waals surface area contributed by atoms with Crippen molar-refractivity contribution in [1.29, 1.82) is 0 Å². The van der Waals surface area contributed by atoms with E-state index in [0.29, 0.717) is 0 Å². The third kappa shape index (κ3) is 28.5. The summed E-state index contributed by atoms with van der Waals surface area (Å²) in [4.78, 5) is 0. The first-order chi connectivity index (χ1) is 2.41. The van der Waals surface area contributed by atoms with Crippen LogP contribution in [0.4, 0.5) is 0 Å². The van der Waals surface area contributed by atoms with Crippen molar-refractivity contribution in [2.24, 2.45) is 0 Å². The summed E-state index contributed by atoms with van der Waals surface area (Å²) >= 11 is -0.826. The van der Waals surface area contributed by atoms with Crippen LogP contribution in [0.15, 0.2) is 0 Å². The number of hydrogen-bond acceptors (Lipinski definition) is 0. The topological polar surface area (TPSA) is 0 Å². The monoisotopic (exact) mass is 186 g/mol. The number of rotatable bonds is 0. The molecule has 0 nitrogen and oxygen atoms in total. The van der Waals surface area contributed by atoms with Crippen LogP contribution < -0.4 is 0 Å². The molecule has 0 N–H and O–H groups in total. The van der Waals surface area contributed by atoms with Crippen LogP contribution in [0.2, 0.25) is 0 Å². The predicted molar refractivity (Wildman–Crippen MR) is 28.8 cm³/mol. The van der Waals surface area contributed by atoms with Gasteiger partial charge in [-0.15, -0.1) is 0 Å². The molecule has 0 radical (unpaired) electrons. The van der Waals surface area contributed by atoms with E-state index in [2.05, 4.69) is 0 Å². The molecule has 0 amide bonds. The van der Waals surface area contributed by atoms with E-state index in [1.54, 1.807) is 0 Å². The Morgan fingerprint density at radius 2 is 1.20 bits per heavy atom. The fraction of sp³-hybridized carbons (Fsp3) is 0. The predicted octanol–water partition coefficient (Wildman–Crippen LogP) is -0.456. The van der Waals surface area contributed by atoms with Crippen LogP contribution >= 0.6 is 17.0 Å². The van der Waals surface area contributed by atoms with E-state index in [0.717, 1.165) is 0 Å². The van der Waals surface area contributed by atoms with E-state index in [-0.39, 0.29) is 0 Å². The molecule has 0 rings (SSSR count). The molecule has 0 heterocycles. The van der Waals surface area contributed by atoms with Gasteiger partial charge in [0.1, 0.15) is 0 Å². The van der Waals surface area contributed by atoms with Gasteiger partial charge in [0.2, 0.25) is 0 Å².